The first-order valence-corrected chi connectivity index (χ1v) is 8.21. The molecule has 1 heterocycles. The summed E-state index contributed by atoms with van der Waals surface area (Å²) >= 11 is 0. The number of para-hydroxylation sites is 2. The molecule has 0 unspecified atom stereocenters. The van der Waals surface area contributed by atoms with Gasteiger partial charge in [-0.15, -0.1) is 0 Å². The van der Waals surface area contributed by atoms with Crippen LogP contribution in [0.25, 0.3) is 22.6 Å². The van der Waals surface area contributed by atoms with E-state index in [0.29, 0.717) is 24.3 Å². The Morgan fingerprint density at radius 3 is 2.54 bits per heavy atom. The number of aliphatic hydroxyl groups excluding tert-OH is 1. The van der Waals surface area contributed by atoms with E-state index in [2.05, 4.69) is 4.98 Å². The van der Waals surface area contributed by atoms with Gasteiger partial charge in [0.2, 0.25) is 5.89 Å². The normalized spacial score (nSPS) is 27.5. The van der Waals surface area contributed by atoms with Crippen molar-refractivity contribution in [3.8, 4) is 11.5 Å². The van der Waals surface area contributed by atoms with Crippen molar-refractivity contribution in [2.45, 2.75) is 37.0 Å². The topological polar surface area (TPSA) is 92.5 Å². The molecular weight excluding hydrogens is 304 g/mol. The van der Waals surface area contributed by atoms with Crippen LogP contribution in [0.4, 0.5) is 0 Å². The highest BCUT2D eigenvalue weighted by atomic mass is 16.3. The molecule has 4 rings (SSSR count). The van der Waals surface area contributed by atoms with E-state index in [9.17, 15) is 10.2 Å². The van der Waals surface area contributed by atoms with E-state index >= 15 is 0 Å². The van der Waals surface area contributed by atoms with Crippen LogP contribution >= 0.6 is 0 Å². The Balaban J connectivity index is 1.69. The second-order valence-electron chi connectivity index (χ2n) is 6.44. The average Bonchev–Trinajstić information content (AvgIpc) is 3.04. The molecule has 2 aromatic carbocycles. The molecule has 0 radical (unpaired) electrons. The lowest BCUT2D eigenvalue weighted by molar-refractivity contribution is -0.118. The van der Waals surface area contributed by atoms with Crippen molar-refractivity contribution >= 4 is 11.1 Å². The second kappa shape index (κ2) is 5.70. The largest absolute Gasteiger partial charge is 0.436 e. The lowest BCUT2D eigenvalue weighted by atomic mass is 9.74. The first-order valence-electron chi connectivity index (χ1n) is 8.21. The van der Waals surface area contributed by atoms with Crippen molar-refractivity contribution in [1.82, 2.24) is 4.98 Å². The molecule has 124 valence electrons. The monoisotopic (exact) mass is 324 g/mol. The maximum Gasteiger partial charge on any atom is 0.227 e. The number of fused-ring (bicyclic) bond motifs is 1. The number of rotatable bonds is 2. The molecule has 0 bridgehead atoms. The molecule has 4 N–H and O–H groups in total. The molecule has 5 nitrogen and oxygen atoms in total. The molecule has 1 aliphatic rings. The maximum absolute atomic E-state index is 10.9. The zero-order chi connectivity index (χ0) is 16.7. The van der Waals surface area contributed by atoms with E-state index in [0.717, 1.165) is 23.1 Å². The van der Waals surface area contributed by atoms with E-state index in [1.807, 2.05) is 36.4 Å². The number of hydrogen-bond acceptors (Lipinski definition) is 5. The summed E-state index contributed by atoms with van der Waals surface area (Å²) in [4.78, 5) is 4.47. The summed E-state index contributed by atoms with van der Waals surface area (Å²) in [5.74, 6) is 0.531. The van der Waals surface area contributed by atoms with Gasteiger partial charge in [-0.1, -0.05) is 24.3 Å². The van der Waals surface area contributed by atoms with Crippen molar-refractivity contribution in [3.63, 3.8) is 0 Å². The van der Waals surface area contributed by atoms with Crippen molar-refractivity contribution in [3.05, 3.63) is 54.1 Å². The zero-order valence-electron chi connectivity index (χ0n) is 13.2. The predicted octanol–water partition coefficient (Wildman–Crippen LogP) is 2.55. The molecule has 24 heavy (non-hydrogen) atoms. The van der Waals surface area contributed by atoms with E-state index in [1.165, 1.54) is 0 Å². The molecule has 0 saturated heterocycles. The second-order valence-corrected chi connectivity index (χ2v) is 6.44. The van der Waals surface area contributed by atoms with Crippen LogP contribution in [-0.4, -0.2) is 27.3 Å². The Morgan fingerprint density at radius 2 is 1.83 bits per heavy atom. The highest BCUT2D eigenvalue weighted by molar-refractivity contribution is 5.76. The van der Waals surface area contributed by atoms with Gasteiger partial charge in [0.05, 0.1) is 6.10 Å². The lowest BCUT2D eigenvalue weighted by Crippen LogP contribution is -2.56. The summed E-state index contributed by atoms with van der Waals surface area (Å²) in [6, 6.07) is 14.4. The van der Waals surface area contributed by atoms with E-state index < -0.39 is 17.7 Å². The SMILES string of the molecule is N[C@H]1CCC[C@H](O)[C@@]1(O)c1ccc(-c2nc3ccccc3o2)cc1. The molecule has 0 spiro atoms. The van der Waals surface area contributed by atoms with Gasteiger partial charge in [-0.25, -0.2) is 4.98 Å². The lowest BCUT2D eigenvalue weighted by Gasteiger charge is -2.42. The highest BCUT2D eigenvalue weighted by Gasteiger charge is 2.45. The molecular formula is C19H20N2O3. The molecule has 0 amide bonds. The quantitative estimate of drug-likeness (QED) is 0.674. The van der Waals surface area contributed by atoms with Crippen molar-refractivity contribution in [2.24, 2.45) is 5.73 Å². The van der Waals surface area contributed by atoms with Gasteiger partial charge in [-0.3, -0.25) is 0 Å². The number of hydrogen-bond donors (Lipinski definition) is 3. The standard InChI is InChI=1S/C19H20N2O3/c20-16-6-3-7-17(22)19(16,23)13-10-8-12(9-11-13)18-21-14-4-1-2-5-15(14)24-18/h1-2,4-5,8-11,16-17,22-23H,3,6-7,20H2/t16-,17-,19+/m0/s1. The maximum atomic E-state index is 10.9. The number of oxazole rings is 1. The minimum absolute atomic E-state index is 0.476. The van der Waals surface area contributed by atoms with Gasteiger partial charge < -0.3 is 20.4 Å². The molecule has 1 fully saturated rings. The first kappa shape index (κ1) is 15.3. The van der Waals surface area contributed by atoms with E-state index in [-0.39, 0.29) is 0 Å². The van der Waals surface area contributed by atoms with E-state index in [4.69, 9.17) is 10.2 Å². The Bertz CT molecular complexity index is 813. The number of aromatic nitrogens is 1. The predicted molar refractivity (Wildman–Crippen MR) is 91.2 cm³/mol. The number of benzene rings is 2. The van der Waals surface area contributed by atoms with Gasteiger partial charge in [0, 0.05) is 11.6 Å². The number of nitrogens with two attached hydrogens (primary N) is 1. The van der Waals surface area contributed by atoms with Crippen LogP contribution in [0.1, 0.15) is 24.8 Å². The van der Waals surface area contributed by atoms with Crippen LogP contribution in [0.15, 0.2) is 52.9 Å². The summed E-state index contributed by atoms with van der Waals surface area (Å²) in [6.07, 6.45) is 1.22. The molecule has 1 aliphatic carbocycles. The fraction of sp³-hybridized carbons (Fsp3) is 0.316. The van der Waals surface area contributed by atoms with Crippen molar-refractivity contribution in [2.75, 3.05) is 0 Å². The average molecular weight is 324 g/mol. The Hall–Kier alpha value is -2.21. The van der Waals surface area contributed by atoms with Crippen LogP contribution < -0.4 is 5.73 Å². The Kier molecular flexibility index (Phi) is 3.64. The minimum Gasteiger partial charge on any atom is -0.436 e. The van der Waals surface area contributed by atoms with Crippen LogP contribution in [0.5, 0.6) is 0 Å². The van der Waals surface area contributed by atoms with Crippen LogP contribution in [-0.2, 0) is 5.60 Å². The van der Waals surface area contributed by atoms with Crippen LogP contribution in [0.2, 0.25) is 0 Å². The highest BCUT2D eigenvalue weighted by Crippen LogP contribution is 2.37. The Labute approximate surface area is 139 Å². The van der Waals surface area contributed by atoms with Gasteiger partial charge in [0.1, 0.15) is 11.1 Å². The van der Waals surface area contributed by atoms with E-state index in [1.54, 1.807) is 12.1 Å². The van der Waals surface area contributed by atoms with Crippen LogP contribution in [0, 0.1) is 0 Å². The summed E-state index contributed by atoms with van der Waals surface area (Å²) in [7, 11) is 0. The summed E-state index contributed by atoms with van der Waals surface area (Å²) in [5, 5.41) is 21.2. The first-order chi connectivity index (χ1) is 11.6. The molecule has 1 aromatic heterocycles. The fourth-order valence-electron chi connectivity index (χ4n) is 3.50. The fourth-order valence-corrected chi connectivity index (χ4v) is 3.50. The van der Waals surface area contributed by atoms with Crippen molar-refractivity contribution < 1.29 is 14.6 Å². The van der Waals surface area contributed by atoms with Crippen LogP contribution in [0.3, 0.4) is 0 Å². The van der Waals surface area contributed by atoms with Gasteiger partial charge in [-0.2, -0.15) is 0 Å². The molecule has 0 aliphatic heterocycles. The van der Waals surface area contributed by atoms with Gasteiger partial charge in [0.25, 0.3) is 0 Å². The number of nitrogens with zero attached hydrogens (tertiary/aromatic N) is 1. The Morgan fingerprint density at radius 1 is 1.08 bits per heavy atom. The zero-order valence-corrected chi connectivity index (χ0v) is 13.2. The molecule has 3 atom stereocenters. The van der Waals surface area contributed by atoms with Gasteiger partial charge in [0.15, 0.2) is 5.58 Å². The molecule has 5 heteroatoms. The summed E-state index contributed by atoms with van der Waals surface area (Å²) in [6.45, 7) is 0. The summed E-state index contributed by atoms with van der Waals surface area (Å²) < 4.78 is 5.76. The summed E-state index contributed by atoms with van der Waals surface area (Å²) in [5.41, 5.74) is 7.68. The van der Waals surface area contributed by atoms with Crippen molar-refractivity contribution in [1.29, 1.82) is 0 Å². The smallest absolute Gasteiger partial charge is 0.227 e. The third kappa shape index (κ3) is 2.33. The van der Waals surface area contributed by atoms with Gasteiger partial charge >= 0.3 is 0 Å². The van der Waals surface area contributed by atoms with Gasteiger partial charge in [-0.05, 0) is 49.1 Å². The molecule has 3 aromatic rings. The third-order valence-electron chi connectivity index (χ3n) is 4.95. The number of aliphatic hydroxyl groups is 2. The minimum atomic E-state index is -1.40. The molecule has 1 saturated carbocycles. The third-order valence-corrected chi connectivity index (χ3v) is 4.95.